The highest BCUT2D eigenvalue weighted by molar-refractivity contribution is 4.91. The quantitative estimate of drug-likeness (QED) is 0.849. The van der Waals surface area contributed by atoms with Gasteiger partial charge in [0.2, 0.25) is 0 Å². The summed E-state index contributed by atoms with van der Waals surface area (Å²) in [6.07, 6.45) is 8.97. The zero-order valence-electron chi connectivity index (χ0n) is 12.1. The number of hydrogen-bond acceptors (Lipinski definition) is 4. The van der Waals surface area contributed by atoms with Gasteiger partial charge in [0.1, 0.15) is 0 Å². The molecule has 0 amide bonds. The molecule has 0 aromatic carbocycles. The lowest BCUT2D eigenvalue weighted by Gasteiger charge is -2.24. The van der Waals surface area contributed by atoms with E-state index >= 15 is 0 Å². The van der Waals surface area contributed by atoms with Crippen molar-refractivity contribution in [3.63, 3.8) is 0 Å². The van der Waals surface area contributed by atoms with Gasteiger partial charge in [-0.25, -0.2) is 0 Å². The molecule has 2 rings (SSSR count). The molecule has 1 aromatic rings. The van der Waals surface area contributed by atoms with Gasteiger partial charge < -0.3 is 10.2 Å². The van der Waals surface area contributed by atoms with Gasteiger partial charge in [0.25, 0.3) is 0 Å². The molecule has 1 aliphatic heterocycles. The molecule has 1 aromatic heterocycles. The summed E-state index contributed by atoms with van der Waals surface area (Å²) in [7, 11) is 0. The van der Waals surface area contributed by atoms with Crippen molar-refractivity contribution < 1.29 is 0 Å². The largest absolute Gasteiger partial charge is 0.311 e. The lowest BCUT2D eigenvalue weighted by molar-refractivity contribution is 0.235. The maximum atomic E-state index is 4.20. The van der Waals surface area contributed by atoms with Gasteiger partial charge in [-0.3, -0.25) is 4.68 Å². The normalized spacial score (nSPS) is 18.2. The summed E-state index contributed by atoms with van der Waals surface area (Å²) in [6.45, 7) is 8.45. The fourth-order valence-corrected chi connectivity index (χ4v) is 2.56. The Labute approximate surface area is 116 Å². The topological polar surface area (TPSA) is 46.0 Å². The summed E-state index contributed by atoms with van der Waals surface area (Å²) in [4.78, 5) is 2.57. The lowest BCUT2D eigenvalue weighted by atomic mass is 10.1. The van der Waals surface area contributed by atoms with Crippen LogP contribution in [-0.2, 0) is 13.1 Å². The van der Waals surface area contributed by atoms with E-state index < -0.39 is 0 Å². The fourth-order valence-electron chi connectivity index (χ4n) is 2.56. The van der Waals surface area contributed by atoms with Crippen molar-refractivity contribution in [1.82, 2.24) is 25.2 Å². The summed E-state index contributed by atoms with van der Waals surface area (Å²) in [5.41, 5.74) is 1.04. The van der Waals surface area contributed by atoms with Crippen LogP contribution in [0.25, 0.3) is 0 Å². The van der Waals surface area contributed by atoms with E-state index in [1.807, 2.05) is 4.68 Å². The molecule has 0 radical (unpaired) electrons. The average Bonchev–Trinajstić information content (AvgIpc) is 2.83. The third kappa shape index (κ3) is 5.28. The zero-order valence-corrected chi connectivity index (χ0v) is 12.1. The molecule has 5 heteroatoms. The van der Waals surface area contributed by atoms with E-state index in [9.17, 15) is 0 Å². The van der Waals surface area contributed by atoms with E-state index in [0.29, 0.717) is 0 Å². The minimum absolute atomic E-state index is 0.820. The average molecular weight is 265 g/mol. The predicted molar refractivity (Wildman–Crippen MR) is 76.9 cm³/mol. The number of nitrogens with zero attached hydrogens (tertiary/aromatic N) is 4. The van der Waals surface area contributed by atoms with Gasteiger partial charge in [0.15, 0.2) is 0 Å². The SMILES string of the molecule is CCNCc1cn(CCN2CCCCCCC2)nn1. The number of hydrogen-bond donors (Lipinski definition) is 1. The summed E-state index contributed by atoms with van der Waals surface area (Å²) < 4.78 is 1.98. The number of rotatable bonds is 6. The second kappa shape index (κ2) is 8.27. The fraction of sp³-hybridized carbons (Fsp3) is 0.857. The molecule has 1 N–H and O–H groups in total. The first kappa shape index (κ1) is 14.5. The standard InChI is InChI=1S/C14H27N5/c1-2-15-12-14-13-19(17-16-14)11-10-18-8-6-4-3-5-7-9-18/h13,15H,2-12H2,1H3. The molecular weight excluding hydrogens is 238 g/mol. The summed E-state index contributed by atoms with van der Waals surface area (Å²) >= 11 is 0. The second-order valence-electron chi connectivity index (χ2n) is 5.36. The van der Waals surface area contributed by atoms with Crippen molar-refractivity contribution in [2.45, 2.75) is 52.1 Å². The van der Waals surface area contributed by atoms with Crippen LogP contribution in [0.5, 0.6) is 0 Å². The molecule has 108 valence electrons. The van der Waals surface area contributed by atoms with Crippen LogP contribution in [0.15, 0.2) is 6.20 Å². The molecule has 2 heterocycles. The van der Waals surface area contributed by atoms with Crippen molar-refractivity contribution >= 4 is 0 Å². The second-order valence-corrected chi connectivity index (χ2v) is 5.36. The molecule has 0 bridgehead atoms. The Morgan fingerprint density at radius 1 is 1.11 bits per heavy atom. The smallest absolute Gasteiger partial charge is 0.0964 e. The van der Waals surface area contributed by atoms with Gasteiger partial charge >= 0.3 is 0 Å². The molecule has 0 spiro atoms. The molecular formula is C14H27N5. The van der Waals surface area contributed by atoms with Crippen LogP contribution in [-0.4, -0.2) is 46.1 Å². The van der Waals surface area contributed by atoms with E-state index in [1.165, 1.54) is 45.2 Å². The first-order valence-electron chi connectivity index (χ1n) is 7.70. The Morgan fingerprint density at radius 2 is 1.84 bits per heavy atom. The van der Waals surface area contributed by atoms with Crippen LogP contribution in [0.1, 0.15) is 44.7 Å². The van der Waals surface area contributed by atoms with Gasteiger partial charge in [-0.1, -0.05) is 31.4 Å². The molecule has 1 aliphatic rings. The van der Waals surface area contributed by atoms with E-state index in [1.54, 1.807) is 0 Å². The number of aromatic nitrogens is 3. The molecule has 0 atom stereocenters. The number of nitrogens with one attached hydrogen (secondary N) is 1. The third-order valence-corrected chi connectivity index (χ3v) is 3.74. The molecule has 5 nitrogen and oxygen atoms in total. The van der Waals surface area contributed by atoms with Gasteiger partial charge in [-0.15, -0.1) is 5.10 Å². The zero-order chi connectivity index (χ0) is 13.3. The minimum Gasteiger partial charge on any atom is -0.311 e. The number of likely N-dealkylation sites (tertiary alicyclic amines) is 1. The Kier molecular flexibility index (Phi) is 6.30. The van der Waals surface area contributed by atoms with Crippen LogP contribution < -0.4 is 5.32 Å². The molecule has 0 aliphatic carbocycles. The lowest BCUT2D eigenvalue weighted by Crippen LogP contribution is -2.30. The van der Waals surface area contributed by atoms with Gasteiger partial charge in [0.05, 0.1) is 12.2 Å². The van der Waals surface area contributed by atoms with Crippen LogP contribution in [0.4, 0.5) is 0 Å². The highest BCUT2D eigenvalue weighted by Gasteiger charge is 2.08. The predicted octanol–water partition coefficient (Wildman–Crippen LogP) is 1.65. The van der Waals surface area contributed by atoms with Crippen LogP contribution in [0.3, 0.4) is 0 Å². The maximum absolute atomic E-state index is 4.20. The van der Waals surface area contributed by atoms with Gasteiger partial charge in [-0.2, -0.15) is 0 Å². The molecule has 19 heavy (non-hydrogen) atoms. The first-order chi connectivity index (χ1) is 9.38. The monoisotopic (exact) mass is 265 g/mol. The minimum atomic E-state index is 0.820. The van der Waals surface area contributed by atoms with Crippen molar-refractivity contribution in [3.05, 3.63) is 11.9 Å². The van der Waals surface area contributed by atoms with E-state index in [4.69, 9.17) is 0 Å². The Balaban J connectivity index is 1.72. The van der Waals surface area contributed by atoms with Crippen molar-refractivity contribution in [3.8, 4) is 0 Å². The van der Waals surface area contributed by atoms with E-state index in [2.05, 4.69) is 33.6 Å². The Bertz CT molecular complexity index is 341. The maximum Gasteiger partial charge on any atom is 0.0964 e. The summed E-state index contributed by atoms with van der Waals surface area (Å²) in [6, 6.07) is 0. The van der Waals surface area contributed by atoms with Crippen molar-refractivity contribution in [2.75, 3.05) is 26.2 Å². The van der Waals surface area contributed by atoms with E-state index in [-0.39, 0.29) is 0 Å². The molecule has 1 saturated heterocycles. The first-order valence-corrected chi connectivity index (χ1v) is 7.70. The van der Waals surface area contributed by atoms with Gasteiger partial charge in [-0.05, 0) is 32.5 Å². The molecule has 1 fully saturated rings. The van der Waals surface area contributed by atoms with E-state index in [0.717, 1.165) is 31.9 Å². The van der Waals surface area contributed by atoms with Crippen LogP contribution >= 0.6 is 0 Å². The summed E-state index contributed by atoms with van der Waals surface area (Å²) in [5, 5.41) is 11.7. The van der Waals surface area contributed by atoms with Gasteiger partial charge in [0, 0.05) is 19.3 Å². The van der Waals surface area contributed by atoms with Crippen LogP contribution in [0, 0.1) is 0 Å². The van der Waals surface area contributed by atoms with Crippen molar-refractivity contribution in [1.29, 1.82) is 0 Å². The third-order valence-electron chi connectivity index (χ3n) is 3.74. The molecule has 0 saturated carbocycles. The highest BCUT2D eigenvalue weighted by Crippen LogP contribution is 2.10. The molecule has 0 unspecified atom stereocenters. The van der Waals surface area contributed by atoms with Crippen LogP contribution in [0.2, 0.25) is 0 Å². The summed E-state index contributed by atoms with van der Waals surface area (Å²) in [5.74, 6) is 0. The van der Waals surface area contributed by atoms with Crippen molar-refractivity contribution in [2.24, 2.45) is 0 Å². The Morgan fingerprint density at radius 3 is 2.58 bits per heavy atom. The highest BCUT2D eigenvalue weighted by atomic mass is 15.4. The Hall–Kier alpha value is -0.940.